The fourth-order valence-corrected chi connectivity index (χ4v) is 2.30. The van der Waals surface area contributed by atoms with Crippen LogP contribution in [0.15, 0.2) is 33.5 Å². The molecule has 110 valence electrons. The highest BCUT2D eigenvalue weighted by atomic mass is 16.4. The van der Waals surface area contributed by atoms with Crippen molar-refractivity contribution in [3.63, 3.8) is 0 Å². The molecular formula is C17H25NO2. The van der Waals surface area contributed by atoms with Gasteiger partial charge in [-0.05, 0) is 38.0 Å². The Labute approximate surface area is 121 Å². The van der Waals surface area contributed by atoms with Gasteiger partial charge in [-0.1, -0.05) is 20.8 Å². The number of benzene rings is 1. The second kappa shape index (κ2) is 7.73. The summed E-state index contributed by atoms with van der Waals surface area (Å²) >= 11 is 0. The summed E-state index contributed by atoms with van der Waals surface area (Å²) in [5, 5.41) is 1.04. The van der Waals surface area contributed by atoms with Crippen LogP contribution in [-0.2, 0) is 6.42 Å². The maximum atomic E-state index is 11.5. The molecule has 1 aromatic carbocycles. The van der Waals surface area contributed by atoms with Crippen LogP contribution in [0.25, 0.3) is 11.0 Å². The summed E-state index contributed by atoms with van der Waals surface area (Å²) in [7, 11) is 0. The zero-order chi connectivity index (χ0) is 15.1. The van der Waals surface area contributed by atoms with E-state index in [-0.39, 0.29) is 5.63 Å². The standard InChI is InChI=1S/C15H19NO2.C2H6/c1-4-11-9-15(17)18-14-10-12(7-8-13(11)14)16(5-2)6-3;1-2/h7-10H,4-6H2,1-3H3;1-2H3. The SMILES string of the molecule is CC.CCc1cc(=O)oc2cc(N(CC)CC)ccc12. The van der Waals surface area contributed by atoms with E-state index in [4.69, 9.17) is 4.42 Å². The second-order valence-electron chi connectivity index (χ2n) is 4.30. The summed E-state index contributed by atoms with van der Waals surface area (Å²) in [5.74, 6) is 0. The van der Waals surface area contributed by atoms with E-state index in [1.165, 1.54) is 0 Å². The highest BCUT2D eigenvalue weighted by molar-refractivity contribution is 5.83. The lowest BCUT2D eigenvalue weighted by molar-refractivity contribution is 0.559. The van der Waals surface area contributed by atoms with E-state index < -0.39 is 0 Å². The molecule has 0 atom stereocenters. The van der Waals surface area contributed by atoms with Gasteiger partial charge in [-0.2, -0.15) is 0 Å². The van der Waals surface area contributed by atoms with E-state index in [1.54, 1.807) is 6.07 Å². The average Bonchev–Trinajstić information content (AvgIpc) is 2.49. The lowest BCUT2D eigenvalue weighted by Gasteiger charge is -2.21. The first-order chi connectivity index (χ1) is 9.69. The molecule has 0 fully saturated rings. The Morgan fingerprint density at radius 2 is 1.70 bits per heavy atom. The van der Waals surface area contributed by atoms with Crippen molar-refractivity contribution in [2.24, 2.45) is 0 Å². The highest BCUT2D eigenvalue weighted by Gasteiger charge is 2.07. The predicted molar refractivity (Wildman–Crippen MR) is 86.8 cm³/mol. The summed E-state index contributed by atoms with van der Waals surface area (Å²) in [6, 6.07) is 7.68. The summed E-state index contributed by atoms with van der Waals surface area (Å²) in [6.07, 6.45) is 0.840. The van der Waals surface area contributed by atoms with Crippen LogP contribution in [0.3, 0.4) is 0 Å². The molecule has 0 unspecified atom stereocenters. The molecular weight excluding hydrogens is 250 g/mol. The van der Waals surface area contributed by atoms with Crippen molar-refractivity contribution in [3.05, 3.63) is 40.2 Å². The third-order valence-electron chi connectivity index (χ3n) is 3.32. The Bertz CT molecular complexity index is 597. The molecule has 0 saturated carbocycles. The molecule has 0 N–H and O–H groups in total. The van der Waals surface area contributed by atoms with Crippen molar-refractivity contribution < 1.29 is 4.42 Å². The number of hydrogen-bond acceptors (Lipinski definition) is 3. The van der Waals surface area contributed by atoms with Gasteiger partial charge < -0.3 is 9.32 Å². The molecule has 3 heteroatoms. The number of rotatable bonds is 4. The molecule has 0 radical (unpaired) electrons. The summed E-state index contributed by atoms with van der Waals surface area (Å²) < 4.78 is 5.30. The molecule has 1 aromatic heterocycles. The van der Waals surface area contributed by atoms with E-state index in [9.17, 15) is 4.79 Å². The van der Waals surface area contributed by atoms with Crippen molar-refractivity contribution in [3.8, 4) is 0 Å². The number of hydrogen-bond donors (Lipinski definition) is 0. The third-order valence-corrected chi connectivity index (χ3v) is 3.32. The third kappa shape index (κ3) is 3.41. The molecule has 0 aliphatic carbocycles. The minimum absolute atomic E-state index is 0.268. The lowest BCUT2D eigenvalue weighted by atomic mass is 10.1. The van der Waals surface area contributed by atoms with E-state index in [1.807, 2.05) is 32.9 Å². The molecule has 0 spiro atoms. The second-order valence-corrected chi connectivity index (χ2v) is 4.30. The zero-order valence-corrected chi connectivity index (χ0v) is 13.2. The first-order valence-corrected chi connectivity index (χ1v) is 7.51. The van der Waals surface area contributed by atoms with Gasteiger partial charge in [0, 0.05) is 36.3 Å². The first kappa shape index (κ1) is 16.3. The molecule has 2 rings (SSSR count). The van der Waals surface area contributed by atoms with Gasteiger partial charge in [0.05, 0.1) is 0 Å². The van der Waals surface area contributed by atoms with Gasteiger partial charge in [0.25, 0.3) is 0 Å². The van der Waals surface area contributed by atoms with Gasteiger partial charge in [0.15, 0.2) is 0 Å². The van der Waals surface area contributed by atoms with E-state index in [0.717, 1.165) is 36.1 Å². The molecule has 0 aliphatic heterocycles. The van der Waals surface area contributed by atoms with Gasteiger partial charge in [-0.25, -0.2) is 4.79 Å². The molecule has 1 heterocycles. The van der Waals surface area contributed by atoms with Gasteiger partial charge in [0.1, 0.15) is 5.58 Å². The Balaban J connectivity index is 0.000000956. The predicted octanol–water partition coefficient (Wildman–Crippen LogP) is 4.23. The molecule has 0 saturated heterocycles. The van der Waals surface area contributed by atoms with Crippen molar-refractivity contribution in [2.45, 2.75) is 41.0 Å². The zero-order valence-electron chi connectivity index (χ0n) is 13.2. The quantitative estimate of drug-likeness (QED) is 0.783. The molecule has 2 aromatic rings. The molecule has 0 amide bonds. The Hall–Kier alpha value is -1.77. The fraction of sp³-hybridized carbons (Fsp3) is 0.471. The van der Waals surface area contributed by atoms with E-state index in [0.29, 0.717) is 5.58 Å². The molecule has 3 nitrogen and oxygen atoms in total. The van der Waals surface area contributed by atoms with Crippen LogP contribution in [-0.4, -0.2) is 13.1 Å². The normalized spacial score (nSPS) is 10.1. The minimum Gasteiger partial charge on any atom is -0.423 e. The van der Waals surface area contributed by atoms with Gasteiger partial charge in [-0.3, -0.25) is 0 Å². The smallest absolute Gasteiger partial charge is 0.336 e. The average molecular weight is 275 g/mol. The first-order valence-electron chi connectivity index (χ1n) is 7.51. The van der Waals surface area contributed by atoms with Crippen molar-refractivity contribution in [1.29, 1.82) is 0 Å². The lowest BCUT2D eigenvalue weighted by Crippen LogP contribution is -2.21. The molecule has 20 heavy (non-hydrogen) atoms. The summed E-state index contributed by atoms with van der Waals surface area (Å²) in [6.45, 7) is 12.2. The van der Waals surface area contributed by atoms with Crippen LogP contribution < -0.4 is 10.5 Å². The number of fused-ring (bicyclic) bond motifs is 1. The van der Waals surface area contributed by atoms with Crippen LogP contribution >= 0.6 is 0 Å². The van der Waals surface area contributed by atoms with Gasteiger partial charge in [0.2, 0.25) is 0 Å². The summed E-state index contributed by atoms with van der Waals surface area (Å²) in [5.41, 5.74) is 2.57. The van der Waals surface area contributed by atoms with E-state index in [2.05, 4.69) is 24.8 Å². The largest absolute Gasteiger partial charge is 0.423 e. The van der Waals surface area contributed by atoms with E-state index >= 15 is 0 Å². The van der Waals surface area contributed by atoms with Crippen LogP contribution in [0.4, 0.5) is 5.69 Å². The van der Waals surface area contributed by atoms with Crippen molar-refractivity contribution in [1.82, 2.24) is 0 Å². The van der Waals surface area contributed by atoms with Crippen molar-refractivity contribution in [2.75, 3.05) is 18.0 Å². The highest BCUT2D eigenvalue weighted by Crippen LogP contribution is 2.23. The van der Waals surface area contributed by atoms with Crippen LogP contribution in [0, 0.1) is 0 Å². The Kier molecular flexibility index (Phi) is 6.29. The summed E-state index contributed by atoms with van der Waals surface area (Å²) in [4.78, 5) is 13.7. The monoisotopic (exact) mass is 275 g/mol. The van der Waals surface area contributed by atoms with Crippen molar-refractivity contribution >= 4 is 16.7 Å². The van der Waals surface area contributed by atoms with Gasteiger partial charge in [-0.15, -0.1) is 0 Å². The Morgan fingerprint density at radius 3 is 2.25 bits per heavy atom. The number of aryl methyl sites for hydroxylation is 1. The molecule has 0 aliphatic rings. The van der Waals surface area contributed by atoms with Crippen LogP contribution in [0.1, 0.15) is 40.2 Å². The number of anilines is 1. The maximum Gasteiger partial charge on any atom is 0.336 e. The fourth-order valence-electron chi connectivity index (χ4n) is 2.30. The minimum atomic E-state index is -0.268. The van der Waals surface area contributed by atoms with Gasteiger partial charge >= 0.3 is 5.63 Å². The molecule has 0 bridgehead atoms. The van der Waals surface area contributed by atoms with Crippen LogP contribution in [0.5, 0.6) is 0 Å². The Morgan fingerprint density at radius 1 is 1.05 bits per heavy atom. The number of nitrogens with zero attached hydrogens (tertiary/aromatic N) is 1. The van der Waals surface area contributed by atoms with Crippen LogP contribution in [0.2, 0.25) is 0 Å². The topological polar surface area (TPSA) is 33.5 Å². The maximum absolute atomic E-state index is 11.5.